The van der Waals surface area contributed by atoms with Crippen LogP contribution in [0, 0.1) is 11.8 Å². The summed E-state index contributed by atoms with van der Waals surface area (Å²) in [5, 5.41) is 2.87. The van der Waals surface area contributed by atoms with Crippen molar-refractivity contribution >= 4 is 39.4 Å². The Bertz CT molecular complexity index is 1250. The largest absolute Gasteiger partial charge is 0.493 e. The van der Waals surface area contributed by atoms with Crippen molar-refractivity contribution < 1.29 is 33.3 Å². The number of methoxy groups -OCH3 is 2. The molecule has 1 saturated heterocycles. The van der Waals surface area contributed by atoms with E-state index in [-0.39, 0.29) is 24.5 Å². The summed E-state index contributed by atoms with van der Waals surface area (Å²) in [7, 11) is 2.95. The predicted octanol–water partition coefficient (Wildman–Crippen LogP) is 3.56. The highest BCUT2D eigenvalue weighted by molar-refractivity contribution is 9.10. The summed E-state index contributed by atoms with van der Waals surface area (Å²) < 4.78 is 23.0. The molecule has 0 aliphatic carbocycles. The van der Waals surface area contributed by atoms with Crippen LogP contribution in [0.15, 0.2) is 34.8 Å². The molecule has 35 heavy (non-hydrogen) atoms. The van der Waals surface area contributed by atoms with Crippen LogP contribution in [0.3, 0.4) is 0 Å². The van der Waals surface area contributed by atoms with Gasteiger partial charge in [0.2, 0.25) is 0 Å². The molecule has 0 spiro atoms. The Morgan fingerprint density at radius 2 is 1.91 bits per heavy atom. The molecule has 3 heterocycles. The van der Waals surface area contributed by atoms with Crippen LogP contribution in [0.5, 0.6) is 17.2 Å². The van der Waals surface area contributed by atoms with Gasteiger partial charge in [-0.2, -0.15) is 0 Å². The van der Waals surface area contributed by atoms with Crippen molar-refractivity contribution in [1.29, 1.82) is 0 Å². The zero-order valence-corrected chi connectivity index (χ0v) is 21.3. The third-order valence-electron chi connectivity index (χ3n) is 7.16. The number of fused-ring (bicyclic) bond motifs is 6. The molecular weight excluding hydrogens is 520 g/mol. The van der Waals surface area contributed by atoms with Gasteiger partial charge in [-0.15, -0.1) is 0 Å². The van der Waals surface area contributed by atoms with Gasteiger partial charge in [0, 0.05) is 22.0 Å². The molecule has 2 aromatic rings. The van der Waals surface area contributed by atoms with Gasteiger partial charge in [0.1, 0.15) is 11.3 Å². The molecule has 0 radical (unpaired) electrons. The zero-order chi connectivity index (χ0) is 25.1. The Morgan fingerprint density at radius 1 is 1.20 bits per heavy atom. The highest BCUT2D eigenvalue weighted by Crippen LogP contribution is 2.57. The maximum atomic E-state index is 14.2. The van der Waals surface area contributed by atoms with Gasteiger partial charge in [-0.1, -0.05) is 15.9 Å². The lowest BCUT2D eigenvalue weighted by Crippen LogP contribution is -2.57. The number of halogens is 1. The number of ether oxygens (including phenoxy) is 4. The first-order chi connectivity index (χ1) is 16.8. The third-order valence-corrected chi connectivity index (χ3v) is 7.65. The Balaban J connectivity index is 1.76. The van der Waals surface area contributed by atoms with Crippen LogP contribution in [0.2, 0.25) is 0 Å². The second kappa shape index (κ2) is 8.44. The number of benzene rings is 2. The number of hydrogen-bond acceptors (Lipinski definition) is 7. The topological polar surface area (TPSA) is 103 Å². The first-order valence-electron chi connectivity index (χ1n) is 11.3. The van der Waals surface area contributed by atoms with Gasteiger partial charge in [-0.3, -0.25) is 14.4 Å². The lowest BCUT2D eigenvalue weighted by Gasteiger charge is -2.38. The number of carbonyl (C=O) groups excluding carboxylic acids is 3. The first-order valence-corrected chi connectivity index (χ1v) is 12.1. The van der Waals surface area contributed by atoms with Crippen molar-refractivity contribution in [1.82, 2.24) is 4.90 Å². The second-order valence-corrected chi connectivity index (χ2v) is 9.78. The lowest BCUT2D eigenvalue weighted by atomic mass is 9.77. The first kappa shape index (κ1) is 23.5. The number of carbonyl (C=O) groups is 3. The van der Waals surface area contributed by atoms with E-state index in [0.717, 1.165) is 10.0 Å². The van der Waals surface area contributed by atoms with E-state index >= 15 is 0 Å². The van der Waals surface area contributed by atoms with Crippen LogP contribution in [0.1, 0.15) is 35.8 Å². The number of anilines is 1. The average molecular weight is 545 g/mol. The number of hydrogen-bond donors (Lipinski definition) is 1. The van der Waals surface area contributed by atoms with Gasteiger partial charge in [0.05, 0.1) is 50.6 Å². The molecular formula is C25H25BrN2O7. The van der Waals surface area contributed by atoms with Gasteiger partial charge in [-0.05, 0) is 38.1 Å². The van der Waals surface area contributed by atoms with Gasteiger partial charge < -0.3 is 29.2 Å². The Hall–Kier alpha value is -3.27. The summed E-state index contributed by atoms with van der Waals surface area (Å²) in [6.45, 7) is 3.64. The smallest absolute Gasteiger partial charge is 0.312 e. The average Bonchev–Trinajstić information content (AvgIpc) is 3.09. The molecule has 0 aromatic heterocycles. The molecule has 10 heteroatoms. The molecule has 2 aromatic carbocycles. The van der Waals surface area contributed by atoms with Crippen LogP contribution >= 0.6 is 15.9 Å². The van der Waals surface area contributed by atoms with E-state index in [4.69, 9.17) is 18.9 Å². The fourth-order valence-electron chi connectivity index (χ4n) is 5.62. The number of nitrogens with one attached hydrogen (secondary N) is 1. The molecule has 1 fully saturated rings. The van der Waals surface area contributed by atoms with E-state index in [1.54, 1.807) is 26.0 Å². The maximum absolute atomic E-state index is 14.2. The van der Waals surface area contributed by atoms with Crippen molar-refractivity contribution in [3.05, 3.63) is 45.9 Å². The second-order valence-electron chi connectivity index (χ2n) is 8.86. The molecule has 3 aliphatic heterocycles. The van der Waals surface area contributed by atoms with Crippen LogP contribution in [0.4, 0.5) is 5.69 Å². The van der Waals surface area contributed by atoms with E-state index in [1.165, 1.54) is 19.1 Å². The standard InChI is InChI=1S/C25H25BrN2O7/c1-5-34-23(30)20-15-11-35-17-7-6-12(26)8-14(17)21(15)28-22(29)13-9-18(32-3)19(33-4)10-16(13)27-24(31)25(20,28)2/h6-10,15,20-21H,5,11H2,1-4H3,(H,27,31)/t15-,20-,21+,25-/m1/s1. The Morgan fingerprint density at radius 3 is 2.60 bits per heavy atom. The minimum absolute atomic E-state index is 0.149. The molecule has 2 amide bonds. The van der Waals surface area contributed by atoms with Crippen LogP contribution < -0.4 is 19.5 Å². The summed E-state index contributed by atoms with van der Waals surface area (Å²) in [6, 6.07) is 8.05. The highest BCUT2D eigenvalue weighted by atomic mass is 79.9. The summed E-state index contributed by atoms with van der Waals surface area (Å²) >= 11 is 3.50. The quantitative estimate of drug-likeness (QED) is 0.587. The molecule has 3 aliphatic rings. The summed E-state index contributed by atoms with van der Waals surface area (Å²) in [5.41, 5.74) is -0.287. The fraction of sp³-hybridized carbons (Fsp3) is 0.400. The van der Waals surface area contributed by atoms with Crippen LogP contribution in [-0.2, 0) is 14.3 Å². The fourth-order valence-corrected chi connectivity index (χ4v) is 6.00. The molecule has 0 unspecified atom stereocenters. The van der Waals surface area contributed by atoms with Gasteiger partial charge >= 0.3 is 5.97 Å². The van der Waals surface area contributed by atoms with E-state index < -0.39 is 41.2 Å². The Kier molecular flexibility index (Phi) is 5.66. The monoisotopic (exact) mass is 544 g/mol. The van der Waals surface area contributed by atoms with Crippen molar-refractivity contribution in [2.45, 2.75) is 25.4 Å². The number of nitrogens with zero attached hydrogens (tertiary/aromatic N) is 1. The molecule has 184 valence electrons. The van der Waals surface area contributed by atoms with Crippen molar-refractivity contribution in [3.63, 3.8) is 0 Å². The molecule has 4 atom stereocenters. The summed E-state index contributed by atoms with van der Waals surface area (Å²) in [5.74, 6) is -1.54. The minimum Gasteiger partial charge on any atom is -0.493 e. The van der Waals surface area contributed by atoms with Crippen molar-refractivity contribution in [2.75, 3.05) is 32.8 Å². The van der Waals surface area contributed by atoms with Gasteiger partial charge in [0.15, 0.2) is 11.5 Å². The molecule has 9 nitrogen and oxygen atoms in total. The van der Waals surface area contributed by atoms with Crippen molar-refractivity contribution in [2.24, 2.45) is 11.8 Å². The summed E-state index contributed by atoms with van der Waals surface area (Å²) in [4.78, 5) is 43.0. The molecule has 0 saturated carbocycles. The lowest BCUT2D eigenvalue weighted by molar-refractivity contribution is -0.155. The normalized spacial score (nSPS) is 26.3. The van der Waals surface area contributed by atoms with Crippen LogP contribution in [0.25, 0.3) is 0 Å². The van der Waals surface area contributed by atoms with E-state index in [0.29, 0.717) is 17.2 Å². The van der Waals surface area contributed by atoms with Crippen LogP contribution in [-0.4, -0.2) is 55.7 Å². The predicted molar refractivity (Wildman–Crippen MR) is 129 cm³/mol. The van der Waals surface area contributed by atoms with Crippen molar-refractivity contribution in [3.8, 4) is 17.2 Å². The minimum atomic E-state index is -1.54. The number of rotatable bonds is 4. The zero-order valence-electron chi connectivity index (χ0n) is 19.7. The van der Waals surface area contributed by atoms with Gasteiger partial charge in [-0.25, -0.2) is 0 Å². The SMILES string of the molecule is CCOC(=O)[C@H]1[C@H]2COc3ccc(Br)cc3[C@@H]2N2C(=O)c3cc(OC)c(OC)cc3NC(=O)[C@@]12C. The molecule has 5 rings (SSSR count). The van der Waals surface area contributed by atoms with E-state index in [9.17, 15) is 14.4 Å². The number of esters is 1. The maximum Gasteiger partial charge on any atom is 0.312 e. The van der Waals surface area contributed by atoms with E-state index in [2.05, 4.69) is 21.2 Å². The molecule has 1 N–H and O–H groups in total. The third kappa shape index (κ3) is 3.30. The van der Waals surface area contributed by atoms with Gasteiger partial charge in [0.25, 0.3) is 11.8 Å². The van der Waals surface area contributed by atoms with E-state index in [1.807, 2.05) is 18.2 Å². The Labute approximate surface area is 210 Å². The summed E-state index contributed by atoms with van der Waals surface area (Å²) in [6.07, 6.45) is 0. The number of amides is 2. The highest BCUT2D eigenvalue weighted by Gasteiger charge is 2.67. The molecule has 0 bridgehead atoms.